The predicted octanol–water partition coefficient (Wildman–Crippen LogP) is 4.46. The molecule has 2 amide bonds. The van der Waals surface area contributed by atoms with Gasteiger partial charge in [0.25, 0.3) is 5.91 Å². The summed E-state index contributed by atoms with van der Waals surface area (Å²) in [6, 6.07) is 14.3. The normalized spacial score (nSPS) is 12.3. The predicted molar refractivity (Wildman–Crippen MR) is 120 cm³/mol. The summed E-state index contributed by atoms with van der Waals surface area (Å²) >= 11 is 1.10. The van der Waals surface area contributed by atoms with Gasteiger partial charge in [0, 0.05) is 16.6 Å². The van der Waals surface area contributed by atoms with E-state index in [4.69, 9.17) is 0 Å². The molecule has 30 heavy (non-hydrogen) atoms. The Bertz CT molecular complexity index is 1010. The molecule has 7 heteroatoms. The molecule has 1 aromatic heterocycles. The van der Waals surface area contributed by atoms with Crippen LogP contribution < -0.4 is 10.2 Å². The van der Waals surface area contributed by atoms with Gasteiger partial charge in [-0.25, -0.2) is 0 Å². The molecule has 3 aromatic rings. The van der Waals surface area contributed by atoms with Crippen LogP contribution in [0.3, 0.4) is 0 Å². The molecule has 1 atom stereocenters. The van der Waals surface area contributed by atoms with Gasteiger partial charge in [0.2, 0.25) is 5.91 Å². The van der Waals surface area contributed by atoms with Crippen molar-refractivity contribution in [1.29, 1.82) is 0 Å². The first kappa shape index (κ1) is 21.6. The third-order valence-corrected chi connectivity index (χ3v) is 4.91. The highest BCUT2D eigenvalue weighted by atomic mass is 32.1. The Balaban J connectivity index is 2.20. The molecule has 0 spiro atoms. The van der Waals surface area contributed by atoms with E-state index in [0.717, 1.165) is 28.2 Å². The van der Waals surface area contributed by atoms with Gasteiger partial charge in [-0.1, -0.05) is 40.9 Å². The fourth-order valence-electron chi connectivity index (χ4n) is 3.35. The van der Waals surface area contributed by atoms with E-state index < -0.39 is 11.6 Å². The van der Waals surface area contributed by atoms with E-state index in [1.807, 2.05) is 83.1 Å². The lowest BCUT2D eigenvalue weighted by atomic mass is 9.99. The summed E-state index contributed by atoms with van der Waals surface area (Å²) in [4.78, 5) is 28.6. The van der Waals surface area contributed by atoms with E-state index in [2.05, 4.69) is 14.9 Å². The number of nitrogens with zero attached hydrogens (tertiary/aromatic N) is 3. The first-order chi connectivity index (χ1) is 14.2. The Kier molecular flexibility index (Phi) is 6.31. The van der Waals surface area contributed by atoms with Gasteiger partial charge in [0.1, 0.15) is 6.04 Å². The fourth-order valence-corrected chi connectivity index (χ4v) is 3.78. The van der Waals surface area contributed by atoms with Crippen LogP contribution >= 0.6 is 11.5 Å². The van der Waals surface area contributed by atoms with Crippen molar-refractivity contribution in [3.63, 3.8) is 0 Å². The summed E-state index contributed by atoms with van der Waals surface area (Å²) in [5, 5.41) is 8.59. The molecule has 2 aromatic carbocycles. The number of hydrogen-bond acceptors (Lipinski definition) is 5. The average molecular weight is 423 g/mol. The minimum atomic E-state index is -0.860. The summed E-state index contributed by atoms with van der Waals surface area (Å²) in [5.74, 6) is -0.629. The first-order valence-corrected chi connectivity index (χ1v) is 10.6. The lowest BCUT2D eigenvalue weighted by Crippen LogP contribution is -2.49. The van der Waals surface area contributed by atoms with E-state index in [9.17, 15) is 9.59 Å². The lowest BCUT2D eigenvalue weighted by molar-refractivity contribution is -0.123. The Morgan fingerprint density at radius 3 is 2.20 bits per heavy atom. The molecule has 6 nitrogen and oxygen atoms in total. The largest absolute Gasteiger partial charge is 0.349 e. The molecule has 1 heterocycles. The van der Waals surface area contributed by atoms with Crippen molar-refractivity contribution in [2.75, 3.05) is 4.90 Å². The minimum absolute atomic E-state index is 0.212. The molecular weight excluding hydrogens is 396 g/mol. The quantitative estimate of drug-likeness (QED) is 0.659. The second-order valence-electron chi connectivity index (χ2n) is 8.36. The minimum Gasteiger partial charge on any atom is -0.349 e. The topological polar surface area (TPSA) is 75.2 Å². The smallest absolute Gasteiger partial charge is 0.280 e. The summed E-state index contributed by atoms with van der Waals surface area (Å²) in [7, 11) is 0. The zero-order chi connectivity index (χ0) is 21.9. The SMILES string of the molecule is Cc1cc(C)cc(N(C(=O)c2csnn2)[C@@H](C(=O)NC(C)(C)C)c2ccccc2)c1. The number of nitrogens with one attached hydrogen (secondary N) is 1. The number of rotatable bonds is 5. The van der Waals surface area contributed by atoms with E-state index >= 15 is 0 Å². The van der Waals surface area contributed by atoms with Crippen molar-refractivity contribution >= 4 is 29.0 Å². The molecule has 0 saturated carbocycles. The molecule has 156 valence electrons. The van der Waals surface area contributed by atoms with Crippen molar-refractivity contribution in [3.05, 3.63) is 76.3 Å². The molecule has 0 unspecified atom stereocenters. The van der Waals surface area contributed by atoms with Crippen molar-refractivity contribution in [3.8, 4) is 0 Å². The van der Waals surface area contributed by atoms with Crippen LogP contribution in [0.4, 0.5) is 5.69 Å². The molecule has 0 saturated heterocycles. The molecule has 0 fully saturated rings. The van der Waals surface area contributed by atoms with Gasteiger partial charge in [-0.05, 0) is 75.0 Å². The van der Waals surface area contributed by atoms with Gasteiger partial charge in [-0.15, -0.1) is 5.10 Å². The number of carbonyl (C=O) groups excluding carboxylic acids is 2. The van der Waals surface area contributed by atoms with Crippen LogP contribution in [0.15, 0.2) is 53.9 Å². The van der Waals surface area contributed by atoms with Gasteiger partial charge < -0.3 is 5.32 Å². The fraction of sp³-hybridized carbons (Fsp3) is 0.304. The summed E-state index contributed by atoms with van der Waals surface area (Å²) in [5.41, 5.74) is 3.12. The Morgan fingerprint density at radius 1 is 1.03 bits per heavy atom. The van der Waals surface area contributed by atoms with Crippen LogP contribution in [0.25, 0.3) is 0 Å². The summed E-state index contributed by atoms with van der Waals surface area (Å²) in [6.07, 6.45) is 0. The standard InChI is InChI=1S/C23H26N4O2S/c1-15-11-16(2)13-18(12-15)27(22(29)19-14-30-26-25-19)20(17-9-7-6-8-10-17)21(28)24-23(3,4)5/h6-14,20H,1-5H3,(H,24,28)/t20-/m1/s1. The number of aromatic nitrogens is 2. The molecule has 0 aliphatic heterocycles. The van der Waals surface area contributed by atoms with Crippen LogP contribution in [0.1, 0.15) is 54.0 Å². The first-order valence-electron chi connectivity index (χ1n) is 9.71. The van der Waals surface area contributed by atoms with Gasteiger partial charge in [-0.2, -0.15) is 0 Å². The van der Waals surface area contributed by atoms with Crippen molar-refractivity contribution < 1.29 is 9.59 Å². The molecule has 0 radical (unpaired) electrons. The number of carbonyl (C=O) groups is 2. The molecule has 3 rings (SSSR count). The number of anilines is 1. The van der Waals surface area contributed by atoms with E-state index in [1.165, 1.54) is 4.90 Å². The zero-order valence-electron chi connectivity index (χ0n) is 17.8. The highest BCUT2D eigenvalue weighted by Crippen LogP contribution is 2.31. The van der Waals surface area contributed by atoms with Crippen LogP contribution in [0, 0.1) is 13.8 Å². The van der Waals surface area contributed by atoms with Crippen LogP contribution in [-0.2, 0) is 4.79 Å². The zero-order valence-corrected chi connectivity index (χ0v) is 18.7. The second-order valence-corrected chi connectivity index (χ2v) is 8.97. The van der Waals surface area contributed by atoms with Gasteiger partial charge in [0.05, 0.1) is 0 Å². The maximum Gasteiger partial charge on any atom is 0.280 e. The van der Waals surface area contributed by atoms with Crippen molar-refractivity contribution in [2.45, 2.75) is 46.2 Å². The molecular formula is C23H26N4O2S. The maximum absolute atomic E-state index is 13.6. The van der Waals surface area contributed by atoms with Gasteiger partial charge in [0.15, 0.2) is 5.69 Å². The highest BCUT2D eigenvalue weighted by Gasteiger charge is 2.35. The Hall–Kier alpha value is -3.06. The van der Waals surface area contributed by atoms with Crippen molar-refractivity contribution in [1.82, 2.24) is 14.9 Å². The number of hydrogen-bond donors (Lipinski definition) is 1. The van der Waals surface area contributed by atoms with E-state index in [0.29, 0.717) is 5.69 Å². The number of benzene rings is 2. The van der Waals surface area contributed by atoms with Crippen LogP contribution in [0.5, 0.6) is 0 Å². The van der Waals surface area contributed by atoms with E-state index in [1.54, 1.807) is 5.38 Å². The van der Waals surface area contributed by atoms with Crippen molar-refractivity contribution in [2.24, 2.45) is 0 Å². The summed E-state index contributed by atoms with van der Waals surface area (Å²) in [6.45, 7) is 9.69. The maximum atomic E-state index is 13.6. The molecule has 0 aliphatic carbocycles. The third kappa shape index (κ3) is 5.10. The average Bonchev–Trinajstić information content (AvgIpc) is 3.18. The second kappa shape index (κ2) is 8.75. The number of aryl methyl sites for hydroxylation is 2. The van der Waals surface area contributed by atoms with E-state index in [-0.39, 0.29) is 17.5 Å². The summed E-state index contributed by atoms with van der Waals surface area (Å²) < 4.78 is 3.83. The van der Waals surface area contributed by atoms with Crippen LogP contribution in [-0.4, -0.2) is 26.9 Å². The number of amides is 2. The van der Waals surface area contributed by atoms with Gasteiger partial charge in [-0.3, -0.25) is 14.5 Å². The molecule has 0 bridgehead atoms. The third-order valence-electron chi connectivity index (χ3n) is 4.40. The van der Waals surface area contributed by atoms with Gasteiger partial charge >= 0.3 is 0 Å². The monoisotopic (exact) mass is 422 g/mol. The lowest BCUT2D eigenvalue weighted by Gasteiger charge is -2.33. The molecule has 0 aliphatic rings. The molecule has 1 N–H and O–H groups in total. The Morgan fingerprint density at radius 2 is 1.67 bits per heavy atom. The Labute approximate surface area is 181 Å². The van der Waals surface area contributed by atoms with Crippen LogP contribution in [0.2, 0.25) is 0 Å². The highest BCUT2D eigenvalue weighted by molar-refractivity contribution is 7.03.